The van der Waals surface area contributed by atoms with E-state index in [4.69, 9.17) is 11.6 Å². The van der Waals surface area contributed by atoms with Gasteiger partial charge in [0.1, 0.15) is 0 Å². The van der Waals surface area contributed by atoms with Crippen molar-refractivity contribution in [1.82, 2.24) is 4.90 Å². The first kappa shape index (κ1) is 11.0. The van der Waals surface area contributed by atoms with Gasteiger partial charge in [-0.3, -0.25) is 4.90 Å². The van der Waals surface area contributed by atoms with Crippen LogP contribution in [0.2, 0.25) is 0 Å². The molecule has 0 heterocycles. The van der Waals surface area contributed by atoms with E-state index in [1.807, 2.05) is 0 Å². The van der Waals surface area contributed by atoms with Gasteiger partial charge in [-0.2, -0.15) is 0 Å². The maximum absolute atomic E-state index is 5.63. The Bertz CT molecular complexity index is 121. The average Bonchev–Trinajstić information content (AvgIpc) is 1.99. The fourth-order valence-electron chi connectivity index (χ4n) is 0.989. The normalized spacial score (nSPS) is 11.1. The Morgan fingerprint density at radius 3 is 2.36 bits per heavy atom. The fraction of sp³-hybridized carbons (Fsp3) is 0.778. The summed E-state index contributed by atoms with van der Waals surface area (Å²) in [6, 6.07) is 0.583. The molecule has 0 aromatic carbocycles. The molecule has 0 amide bonds. The van der Waals surface area contributed by atoms with Crippen molar-refractivity contribution in [3.8, 4) is 0 Å². The number of hydrogen-bond acceptors (Lipinski definition) is 1. The summed E-state index contributed by atoms with van der Waals surface area (Å²) >= 11 is 5.63. The Morgan fingerprint density at radius 1 is 1.55 bits per heavy atom. The second kappa shape index (κ2) is 5.62. The van der Waals surface area contributed by atoms with Gasteiger partial charge in [-0.05, 0) is 26.0 Å². The molecule has 0 aliphatic rings. The van der Waals surface area contributed by atoms with Gasteiger partial charge in [0.05, 0.1) is 0 Å². The third-order valence-corrected chi connectivity index (χ3v) is 2.13. The van der Waals surface area contributed by atoms with Gasteiger partial charge in [-0.25, -0.2) is 0 Å². The molecular formula is C9H18ClN. The van der Waals surface area contributed by atoms with Crippen LogP contribution < -0.4 is 0 Å². The zero-order chi connectivity index (χ0) is 8.85. The van der Waals surface area contributed by atoms with Crippen molar-refractivity contribution in [2.45, 2.75) is 26.8 Å². The zero-order valence-electron chi connectivity index (χ0n) is 7.73. The lowest BCUT2D eigenvalue weighted by Crippen LogP contribution is -2.32. The van der Waals surface area contributed by atoms with Gasteiger partial charge < -0.3 is 0 Å². The Kier molecular flexibility index (Phi) is 5.61. The third kappa shape index (κ3) is 4.44. The van der Waals surface area contributed by atoms with Crippen LogP contribution in [0.4, 0.5) is 0 Å². The molecule has 0 rings (SSSR count). The summed E-state index contributed by atoms with van der Waals surface area (Å²) < 4.78 is 0. The molecule has 0 radical (unpaired) electrons. The first-order valence-electron chi connectivity index (χ1n) is 4.08. The Hall–Kier alpha value is -0.0100. The number of hydrogen-bond donors (Lipinski definition) is 0. The molecule has 0 aromatic rings. The Balaban J connectivity index is 3.78. The molecule has 1 nitrogen and oxygen atoms in total. The van der Waals surface area contributed by atoms with E-state index in [2.05, 4.69) is 32.3 Å². The van der Waals surface area contributed by atoms with E-state index in [0.717, 1.165) is 18.7 Å². The number of halogens is 1. The number of likely N-dealkylation sites (N-methyl/N-ethyl adjacent to an activating group) is 1. The van der Waals surface area contributed by atoms with Gasteiger partial charge in [-0.1, -0.05) is 13.5 Å². The van der Waals surface area contributed by atoms with Crippen LogP contribution in [0.5, 0.6) is 0 Å². The molecule has 0 atom stereocenters. The topological polar surface area (TPSA) is 3.24 Å². The summed E-state index contributed by atoms with van der Waals surface area (Å²) in [6.45, 7) is 12.4. The second-order valence-electron chi connectivity index (χ2n) is 3.04. The molecule has 0 saturated carbocycles. The van der Waals surface area contributed by atoms with E-state index in [-0.39, 0.29) is 0 Å². The smallest absolute Gasteiger partial charge is 0.0443 e. The molecule has 0 bridgehead atoms. The highest BCUT2D eigenvalue weighted by Gasteiger charge is 2.06. The van der Waals surface area contributed by atoms with Crippen LogP contribution in [0.1, 0.15) is 20.8 Å². The quantitative estimate of drug-likeness (QED) is 0.459. The molecule has 2 heteroatoms. The van der Waals surface area contributed by atoms with Crippen LogP contribution in [-0.2, 0) is 0 Å². The number of nitrogens with zero attached hydrogens (tertiary/aromatic N) is 1. The third-order valence-electron chi connectivity index (χ3n) is 1.75. The molecule has 0 aliphatic heterocycles. The molecule has 0 saturated heterocycles. The molecule has 66 valence electrons. The SMILES string of the molecule is C=C(CCl)CN(CC)C(C)C. The lowest BCUT2D eigenvalue weighted by atomic mass is 10.2. The van der Waals surface area contributed by atoms with Gasteiger partial charge in [0.15, 0.2) is 0 Å². The van der Waals surface area contributed by atoms with Gasteiger partial charge in [0, 0.05) is 18.5 Å². The van der Waals surface area contributed by atoms with Crippen molar-refractivity contribution in [3.05, 3.63) is 12.2 Å². The maximum Gasteiger partial charge on any atom is 0.0443 e. The molecule has 0 N–H and O–H groups in total. The summed E-state index contributed by atoms with van der Waals surface area (Å²) in [7, 11) is 0. The fourth-order valence-corrected chi connectivity index (χ4v) is 1.07. The van der Waals surface area contributed by atoms with E-state index < -0.39 is 0 Å². The highest BCUT2D eigenvalue weighted by Crippen LogP contribution is 2.03. The van der Waals surface area contributed by atoms with Gasteiger partial charge in [0.2, 0.25) is 0 Å². The standard InChI is InChI=1S/C9H18ClN/c1-5-11(8(2)3)7-9(4)6-10/h8H,4-7H2,1-3H3. The largest absolute Gasteiger partial charge is 0.297 e. The van der Waals surface area contributed by atoms with Gasteiger partial charge in [-0.15, -0.1) is 11.6 Å². The van der Waals surface area contributed by atoms with Crippen LogP contribution in [-0.4, -0.2) is 29.9 Å². The van der Waals surface area contributed by atoms with E-state index in [0.29, 0.717) is 11.9 Å². The number of rotatable bonds is 5. The van der Waals surface area contributed by atoms with Gasteiger partial charge in [0.25, 0.3) is 0 Å². The maximum atomic E-state index is 5.63. The van der Waals surface area contributed by atoms with Crippen molar-refractivity contribution in [1.29, 1.82) is 0 Å². The first-order valence-corrected chi connectivity index (χ1v) is 4.61. The van der Waals surface area contributed by atoms with Crippen LogP contribution in [0, 0.1) is 0 Å². The Morgan fingerprint density at radius 2 is 2.09 bits per heavy atom. The number of alkyl halides is 1. The van der Waals surface area contributed by atoms with Gasteiger partial charge >= 0.3 is 0 Å². The first-order chi connectivity index (χ1) is 5.11. The van der Waals surface area contributed by atoms with E-state index in [1.54, 1.807) is 0 Å². The summed E-state index contributed by atoms with van der Waals surface area (Å²) in [5, 5.41) is 0. The van der Waals surface area contributed by atoms with Crippen molar-refractivity contribution >= 4 is 11.6 Å². The predicted octanol–water partition coefficient (Wildman–Crippen LogP) is 2.51. The van der Waals surface area contributed by atoms with E-state index >= 15 is 0 Å². The second-order valence-corrected chi connectivity index (χ2v) is 3.31. The van der Waals surface area contributed by atoms with E-state index in [1.165, 1.54) is 0 Å². The highest BCUT2D eigenvalue weighted by atomic mass is 35.5. The summed E-state index contributed by atoms with van der Waals surface area (Å²) in [4.78, 5) is 2.34. The van der Waals surface area contributed by atoms with E-state index in [9.17, 15) is 0 Å². The minimum absolute atomic E-state index is 0.573. The minimum atomic E-state index is 0.573. The van der Waals surface area contributed by atoms with Crippen molar-refractivity contribution in [3.63, 3.8) is 0 Å². The summed E-state index contributed by atoms with van der Waals surface area (Å²) in [6.07, 6.45) is 0. The highest BCUT2D eigenvalue weighted by molar-refractivity contribution is 6.19. The van der Waals surface area contributed by atoms with Crippen molar-refractivity contribution < 1.29 is 0 Å². The molecule has 0 unspecified atom stereocenters. The average molecular weight is 176 g/mol. The van der Waals surface area contributed by atoms with Crippen molar-refractivity contribution in [2.75, 3.05) is 19.0 Å². The van der Waals surface area contributed by atoms with Crippen LogP contribution in [0.25, 0.3) is 0 Å². The summed E-state index contributed by atoms with van der Waals surface area (Å²) in [5.41, 5.74) is 1.10. The lowest BCUT2D eigenvalue weighted by Gasteiger charge is -2.24. The molecule has 11 heavy (non-hydrogen) atoms. The molecular weight excluding hydrogens is 158 g/mol. The Labute approximate surface area is 75.0 Å². The molecule has 0 spiro atoms. The van der Waals surface area contributed by atoms with Crippen LogP contribution in [0.3, 0.4) is 0 Å². The molecule has 0 aliphatic carbocycles. The molecule has 0 fully saturated rings. The molecule has 0 aromatic heterocycles. The minimum Gasteiger partial charge on any atom is -0.297 e. The summed E-state index contributed by atoms with van der Waals surface area (Å²) in [5.74, 6) is 0.573. The monoisotopic (exact) mass is 175 g/mol. The van der Waals surface area contributed by atoms with Crippen molar-refractivity contribution in [2.24, 2.45) is 0 Å². The lowest BCUT2D eigenvalue weighted by molar-refractivity contribution is 0.254. The van der Waals surface area contributed by atoms with Crippen LogP contribution in [0.15, 0.2) is 12.2 Å². The zero-order valence-corrected chi connectivity index (χ0v) is 8.49. The van der Waals surface area contributed by atoms with Crippen LogP contribution >= 0.6 is 11.6 Å². The predicted molar refractivity (Wildman–Crippen MR) is 52.2 cm³/mol.